The van der Waals surface area contributed by atoms with Crippen molar-refractivity contribution in [2.75, 3.05) is 7.11 Å². The first-order valence-corrected chi connectivity index (χ1v) is 11.3. The van der Waals surface area contributed by atoms with Gasteiger partial charge in [-0.15, -0.1) is 0 Å². The Bertz CT molecular complexity index is 1260. The van der Waals surface area contributed by atoms with Gasteiger partial charge in [-0.1, -0.05) is 36.9 Å². The molecule has 3 heterocycles. The van der Waals surface area contributed by atoms with Crippen LogP contribution < -0.4 is 4.74 Å². The highest BCUT2D eigenvalue weighted by Gasteiger charge is 2.47. The fourth-order valence-corrected chi connectivity index (χ4v) is 5.15. The molecule has 170 valence electrons. The van der Waals surface area contributed by atoms with Crippen LogP contribution in [0.4, 0.5) is 0 Å². The van der Waals surface area contributed by atoms with Crippen LogP contribution >= 0.6 is 11.6 Å². The smallest absolute Gasteiger partial charge is 0.290 e. The molecule has 0 bridgehead atoms. The van der Waals surface area contributed by atoms with Gasteiger partial charge in [0.25, 0.3) is 5.91 Å². The molecule has 1 N–H and O–H groups in total. The Balaban J connectivity index is 1.61. The normalized spacial score (nSPS) is 19.5. The van der Waals surface area contributed by atoms with Gasteiger partial charge in [0.05, 0.1) is 18.7 Å². The van der Waals surface area contributed by atoms with Crippen LogP contribution in [0, 0.1) is 0 Å². The van der Waals surface area contributed by atoms with Gasteiger partial charge in [-0.3, -0.25) is 14.6 Å². The van der Waals surface area contributed by atoms with E-state index in [1.807, 2.05) is 6.07 Å². The Labute approximate surface area is 195 Å². The SMILES string of the molecule is COc1cc(Cl)cc2cc(C(=O)C3=C(O)C(=O)N(C4CCCCC4)C3c3cccnc3)oc12. The van der Waals surface area contributed by atoms with Crippen LogP contribution in [-0.2, 0) is 4.79 Å². The molecule has 2 aliphatic rings. The number of ether oxygens (including phenoxy) is 1. The Morgan fingerprint density at radius 1 is 1.24 bits per heavy atom. The molecule has 1 aliphatic carbocycles. The van der Waals surface area contributed by atoms with E-state index in [0.717, 1.165) is 32.1 Å². The van der Waals surface area contributed by atoms with Gasteiger partial charge >= 0.3 is 0 Å². The summed E-state index contributed by atoms with van der Waals surface area (Å²) >= 11 is 6.15. The van der Waals surface area contributed by atoms with Gasteiger partial charge in [-0.05, 0) is 36.6 Å². The van der Waals surface area contributed by atoms with E-state index in [9.17, 15) is 14.7 Å². The molecule has 1 fully saturated rings. The van der Waals surface area contributed by atoms with Crippen LogP contribution in [-0.4, -0.2) is 39.8 Å². The maximum absolute atomic E-state index is 13.7. The zero-order valence-corrected chi connectivity index (χ0v) is 18.8. The van der Waals surface area contributed by atoms with Gasteiger partial charge in [0.15, 0.2) is 22.9 Å². The minimum Gasteiger partial charge on any atom is -0.503 e. The van der Waals surface area contributed by atoms with Crippen molar-refractivity contribution in [3.8, 4) is 5.75 Å². The molecular weight excluding hydrogens is 444 g/mol. The number of aliphatic hydroxyl groups is 1. The minimum absolute atomic E-state index is 0.000647. The molecule has 0 saturated heterocycles. The molecule has 1 unspecified atom stereocenters. The van der Waals surface area contributed by atoms with Crippen molar-refractivity contribution >= 4 is 34.3 Å². The number of rotatable bonds is 5. The molecule has 7 nitrogen and oxygen atoms in total. The molecule has 2 aromatic heterocycles. The second-order valence-electron chi connectivity index (χ2n) is 8.42. The Kier molecular flexibility index (Phi) is 5.58. The molecule has 0 spiro atoms. The number of carbonyl (C=O) groups excluding carboxylic acids is 2. The molecule has 8 heteroatoms. The van der Waals surface area contributed by atoms with Gasteiger partial charge < -0.3 is 19.2 Å². The van der Waals surface area contributed by atoms with E-state index in [1.165, 1.54) is 7.11 Å². The minimum atomic E-state index is -0.736. The van der Waals surface area contributed by atoms with Crippen LogP contribution in [0.5, 0.6) is 5.75 Å². The molecule has 1 atom stereocenters. The summed E-state index contributed by atoms with van der Waals surface area (Å²) < 4.78 is 11.2. The van der Waals surface area contributed by atoms with E-state index < -0.39 is 23.5 Å². The fraction of sp³-hybridized carbons (Fsp3) is 0.320. The lowest BCUT2D eigenvalue weighted by molar-refractivity contribution is -0.132. The number of ketones is 1. The topological polar surface area (TPSA) is 92.9 Å². The van der Waals surface area contributed by atoms with Gasteiger partial charge in [0.1, 0.15) is 0 Å². The van der Waals surface area contributed by atoms with E-state index in [2.05, 4.69) is 4.98 Å². The first-order chi connectivity index (χ1) is 16.0. The average Bonchev–Trinajstić information content (AvgIpc) is 3.38. The third-order valence-electron chi connectivity index (χ3n) is 6.45. The summed E-state index contributed by atoms with van der Waals surface area (Å²) in [6.45, 7) is 0. The molecule has 1 aromatic carbocycles. The predicted molar refractivity (Wildman–Crippen MR) is 122 cm³/mol. The molecule has 33 heavy (non-hydrogen) atoms. The zero-order chi connectivity index (χ0) is 23.1. The lowest BCUT2D eigenvalue weighted by atomic mass is 9.90. The molecular formula is C25H23ClN2O5. The number of nitrogens with zero attached hydrogens (tertiary/aromatic N) is 2. The largest absolute Gasteiger partial charge is 0.503 e. The summed E-state index contributed by atoms with van der Waals surface area (Å²) in [7, 11) is 1.49. The van der Waals surface area contributed by atoms with Crippen LogP contribution in [0.1, 0.15) is 54.3 Å². The molecule has 1 amide bonds. The quantitative estimate of drug-likeness (QED) is 0.506. The van der Waals surface area contributed by atoms with E-state index in [1.54, 1.807) is 41.6 Å². The Morgan fingerprint density at radius 3 is 2.73 bits per heavy atom. The van der Waals surface area contributed by atoms with Crippen molar-refractivity contribution in [3.63, 3.8) is 0 Å². The first-order valence-electron chi connectivity index (χ1n) is 11.0. The number of Topliss-reactive ketones (excluding diaryl/α,β-unsaturated/α-hetero) is 1. The maximum atomic E-state index is 13.7. The van der Waals surface area contributed by atoms with E-state index in [0.29, 0.717) is 27.3 Å². The summed E-state index contributed by atoms with van der Waals surface area (Å²) in [6.07, 6.45) is 8.04. The number of halogens is 1. The van der Waals surface area contributed by atoms with Crippen molar-refractivity contribution in [2.24, 2.45) is 0 Å². The molecule has 5 rings (SSSR count). The summed E-state index contributed by atoms with van der Waals surface area (Å²) in [6, 6.07) is 7.60. The Morgan fingerprint density at radius 2 is 2.03 bits per heavy atom. The highest BCUT2D eigenvalue weighted by Crippen LogP contribution is 2.43. The number of fused-ring (bicyclic) bond motifs is 1. The van der Waals surface area contributed by atoms with Crippen molar-refractivity contribution in [1.29, 1.82) is 0 Å². The van der Waals surface area contributed by atoms with Crippen molar-refractivity contribution in [3.05, 3.63) is 70.4 Å². The van der Waals surface area contributed by atoms with Crippen molar-refractivity contribution in [2.45, 2.75) is 44.2 Å². The number of furan rings is 1. The molecule has 3 aromatic rings. The third-order valence-corrected chi connectivity index (χ3v) is 6.67. The van der Waals surface area contributed by atoms with Crippen molar-refractivity contribution < 1.29 is 23.8 Å². The van der Waals surface area contributed by atoms with E-state index in [4.69, 9.17) is 20.8 Å². The zero-order valence-electron chi connectivity index (χ0n) is 18.1. The van der Waals surface area contributed by atoms with E-state index in [-0.39, 0.29) is 17.4 Å². The number of pyridine rings is 1. The summed E-state index contributed by atoms with van der Waals surface area (Å²) in [4.78, 5) is 32.7. The maximum Gasteiger partial charge on any atom is 0.290 e. The number of aliphatic hydroxyl groups excluding tert-OH is 1. The van der Waals surface area contributed by atoms with Gasteiger partial charge in [0, 0.05) is 34.9 Å². The summed E-state index contributed by atoms with van der Waals surface area (Å²) in [5, 5.41) is 11.9. The lowest BCUT2D eigenvalue weighted by Gasteiger charge is -2.36. The van der Waals surface area contributed by atoms with Gasteiger partial charge in [-0.25, -0.2) is 0 Å². The highest BCUT2D eigenvalue weighted by molar-refractivity contribution is 6.31. The first kappa shape index (κ1) is 21.5. The second-order valence-corrected chi connectivity index (χ2v) is 8.86. The number of methoxy groups -OCH3 is 1. The lowest BCUT2D eigenvalue weighted by Crippen LogP contribution is -2.41. The van der Waals surface area contributed by atoms with E-state index >= 15 is 0 Å². The van der Waals surface area contributed by atoms with Gasteiger partial charge in [-0.2, -0.15) is 0 Å². The number of carbonyl (C=O) groups is 2. The summed E-state index contributed by atoms with van der Waals surface area (Å²) in [5.41, 5.74) is 1.04. The number of amides is 1. The van der Waals surface area contributed by atoms with Gasteiger partial charge in [0.2, 0.25) is 5.78 Å². The molecule has 1 saturated carbocycles. The number of aromatic nitrogens is 1. The number of hydrogen-bond donors (Lipinski definition) is 1. The molecule has 0 radical (unpaired) electrons. The highest BCUT2D eigenvalue weighted by atomic mass is 35.5. The van der Waals surface area contributed by atoms with Crippen LogP contribution in [0.3, 0.4) is 0 Å². The fourth-order valence-electron chi connectivity index (χ4n) is 4.94. The summed E-state index contributed by atoms with van der Waals surface area (Å²) in [5.74, 6) is -1.23. The molecule has 1 aliphatic heterocycles. The van der Waals surface area contributed by atoms with Crippen LogP contribution in [0.25, 0.3) is 11.0 Å². The third kappa shape index (κ3) is 3.66. The van der Waals surface area contributed by atoms with Crippen molar-refractivity contribution in [1.82, 2.24) is 9.88 Å². The van der Waals surface area contributed by atoms with Crippen LogP contribution in [0.2, 0.25) is 5.02 Å². The number of benzene rings is 1. The second kappa shape index (κ2) is 8.56. The number of hydrogen-bond acceptors (Lipinski definition) is 6. The monoisotopic (exact) mass is 466 g/mol. The average molecular weight is 467 g/mol. The predicted octanol–water partition coefficient (Wildman–Crippen LogP) is 5.40. The standard InChI is InChI=1S/C25H23ClN2O5/c1-32-19-12-16(26)10-15-11-18(33-24(15)19)22(29)20-21(14-6-5-9-27-13-14)28(25(31)23(20)30)17-7-3-2-4-8-17/h5-6,9-13,17,21,30H,2-4,7-8H2,1H3. The van der Waals surface area contributed by atoms with Crippen LogP contribution in [0.15, 0.2) is 58.5 Å². The Hall–Kier alpha value is -3.32.